The number of ether oxygens (including phenoxy) is 4. The van der Waals surface area contributed by atoms with Gasteiger partial charge in [0, 0.05) is 37.9 Å². The van der Waals surface area contributed by atoms with Crippen molar-refractivity contribution in [3.8, 4) is 5.75 Å². The van der Waals surface area contributed by atoms with Crippen LogP contribution in [0.4, 0.5) is 4.79 Å². The summed E-state index contributed by atoms with van der Waals surface area (Å²) in [6.07, 6.45) is 0.591. The van der Waals surface area contributed by atoms with Gasteiger partial charge in [-0.05, 0) is 25.0 Å². The zero-order valence-corrected chi connectivity index (χ0v) is 18.4. The molecule has 1 atom stereocenters. The molecular formula is C22H27BO10. The van der Waals surface area contributed by atoms with Crippen molar-refractivity contribution in [1.82, 2.24) is 0 Å². The Kier molecular flexibility index (Phi) is 8.84. The van der Waals surface area contributed by atoms with Crippen LogP contribution in [0.5, 0.6) is 5.75 Å². The average Bonchev–Trinajstić information content (AvgIpc) is 2.78. The quantitative estimate of drug-likeness (QED) is 0.331. The number of fused-ring (bicyclic) bond motifs is 1. The van der Waals surface area contributed by atoms with Gasteiger partial charge in [-0.3, -0.25) is 4.79 Å². The van der Waals surface area contributed by atoms with Crippen molar-refractivity contribution in [2.75, 3.05) is 20.0 Å². The van der Waals surface area contributed by atoms with Crippen LogP contribution in [0, 0.1) is 0 Å². The highest BCUT2D eigenvalue weighted by Gasteiger charge is 2.37. The molecule has 1 N–H and O–H groups in total. The van der Waals surface area contributed by atoms with Gasteiger partial charge in [0.2, 0.25) is 6.79 Å². The lowest BCUT2D eigenvalue weighted by atomic mass is 9.64. The molecule has 3 rings (SSSR count). The van der Waals surface area contributed by atoms with Gasteiger partial charge in [-0.1, -0.05) is 12.1 Å². The smallest absolute Gasteiger partial charge is 0.526 e. The first-order valence-electron chi connectivity index (χ1n) is 10.9. The van der Waals surface area contributed by atoms with E-state index < -0.39 is 31.9 Å². The van der Waals surface area contributed by atoms with Crippen LogP contribution in [0.15, 0.2) is 18.2 Å². The Hall–Kier alpha value is -2.92. The van der Waals surface area contributed by atoms with E-state index in [1.54, 1.807) is 12.1 Å². The summed E-state index contributed by atoms with van der Waals surface area (Å²) in [6, 6.07) is 4.82. The molecule has 2 heterocycles. The molecule has 1 saturated heterocycles. The van der Waals surface area contributed by atoms with E-state index in [2.05, 4.69) is 0 Å². The summed E-state index contributed by atoms with van der Waals surface area (Å²) < 4.78 is 25.7. The molecule has 2 aliphatic rings. The second kappa shape index (κ2) is 11.8. The highest BCUT2D eigenvalue weighted by molar-refractivity contribution is 6.47. The van der Waals surface area contributed by atoms with Gasteiger partial charge >= 0.3 is 19.2 Å². The first kappa shape index (κ1) is 24.7. The lowest BCUT2D eigenvalue weighted by Gasteiger charge is -2.28. The van der Waals surface area contributed by atoms with Gasteiger partial charge < -0.3 is 33.4 Å². The maximum atomic E-state index is 12.5. The van der Waals surface area contributed by atoms with Crippen molar-refractivity contribution in [3.63, 3.8) is 0 Å². The zero-order chi connectivity index (χ0) is 23.8. The predicted octanol–water partition coefficient (Wildman–Crippen LogP) is 2.25. The molecule has 0 saturated carbocycles. The van der Waals surface area contributed by atoms with Gasteiger partial charge in [0.1, 0.15) is 29.0 Å². The molecule has 1 fully saturated rings. The van der Waals surface area contributed by atoms with Gasteiger partial charge in [0.05, 0.1) is 13.2 Å². The van der Waals surface area contributed by atoms with Crippen LogP contribution in [0.25, 0.3) is 0 Å². The molecule has 0 aromatic heterocycles. The molecule has 0 bridgehead atoms. The third-order valence-electron chi connectivity index (χ3n) is 5.48. The number of benzene rings is 1. The Morgan fingerprint density at radius 3 is 2.61 bits per heavy atom. The normalized spacial score (nSPS) is 18.0. The summed E-state index contributed by atoms with van der Waals surface area (Å²) >= 11 is 0. The fraction of sp³-hybridized carbons (Fsp3) is 0.545. The van der Waals surface area contributed by atoms with E-state index in [0.717, 1.165) is 0 Å². The van der Waals surface area contributed by atoms with Crippen molar-refractivity contribution in [1.29, 1.82) is 0 Å². The van der Waals surface area contributed by atoms with Crippen molar-refractivity contribution in [3.05, 3.63) is 29.3 Å². The average molecular weight is 462 g/mol. The highest BCUT2D eigenvalue weighted by Crippen LogP contribution is 2.36. The van der Waals surface area contributed by atoms with Crippen LogP contribution < -0.4 is 4.65 Å². The Morgan fingerprint density at radius 1 is 1.12 bits per heavy atom. The molecule has 0 aliphatic carbocycles. The topological polar surface area (TPSA) is 135 Å². The second-order valence-corrected chi connectivity index (χ2v) is 8.08. The van der Waals surface area contributed by atoms with Gasteiger partial charge in [-0.25, -0.2) is 9.59 Å². The second-order valence-electron chi connectivity index (χ2n) is 8.08. The van der Waals surface area contributed by atoms with Crippen molar-refractivity contribution < 1.29 is 47.8 Å². The molecular weight excluding hydrogens is 435 g/mol. The standard InChI is InChI=1S/C22H27BO10/c1-14(24)5-6-17(25)12-16-11-15-3-2-4-19(20(15)33-23(16)28)21(26)30-13-31-22(27)32-18-7-9-29-10-8-18/h2-4,16,18,28H,5-13H2,1H3/t16-/m1/s1. The number of para-hydroxylation sites is 1. The van der Waals surface area contributed by atoms with Crippen LogP contribution in [0.3, 0.4) is 0 Å². The number of rotatable bonds is 9. The summed E-state index contributed by atoms with van der Waals surface area (Å²) in [5.74, 6) is -1.34. The molecule has 0 amide bonds. The van der Waals surface area contributed by atoms with E-state index in [-0.39, 0.29) is 48.2 Å². The first-order valence-corrected chi connectivity index (χ1v) is 10.9. The minimum absolute atomic E-state index is 0.0611. The minimum Gasteiger partial charge on any atom is -0.535 e. The van der Waals surface area contributed by atoms with Gasteiger partial charge in [-0.2, -0.15) is 0 Å². The SMILES string of the molecule is CC(=O)CCC(=O)C[C@H]1Cc2cccc(C(=O)OCOC(=O)OC3CCOCC3)c2OB1O. The molecule has 11 heteroatoms. The number of hydrogen-bond donors (Lipinski definition) is 1. The van der Waals surface area contributed by atoms with Crippen molar-refractivity contribution >= 4 is 30.8 Å². The minimum atomic E-state index is -1.29. The Labute approximate surface area is 191 Å². The molecule has 2 aliphatic heterocycles. The van der Waals surface area contributed by atoms with E-state index in [1.807, 2.05) is 0 Å². The largest absolute Gasteiger partial charge is 0.535 e. The third kappa shape index (κ3) is 7.29. The Balaban J connectivity index is 1.52. The van der Waals surface area contributed by atoms with Gasteiger partial charge in [-0.15, -0.1) is 0 Å². The molecule has 10 nitrogen and oxygen atoms in total. The van der Waals surface area contributed by atoms with Gasteiger partial charge in [0.25, 0.3) is 0 Å². The monoisotopic (exact) mass is 462 g/mol. The Morgan fingerprint density at radius 2 is 1.88 bits per heavy atom. The first-order chi connectivity index (χ1) is 15.8. The molecule has 0 radical (unpaired) electrons. The zero-order valence-electron chi connectivity index (χ0n) is 18.4. The van der Waals surface area contributed by atoms with E-state index in [9.17, 15) is 24.2 Å². The van der Waals surface area contributed by atoms with Gasteiger partial charge in [0.15, 0.2) is 0 Å². The summed E-state index contributed by atoms with van der Waals surface area (Å²) in [4.78, 5) is 47.4. The lowest BCUT2D eigenvalue weighted by Crippen LogP contribution is -2.36. The summed E-state index contributed by atoms with van der Waals surface area (Å²) in [5, 5.41) is 10.4. The van der Waals surface area contributed by atoms with Crippen molar-refractivity contribution in [2.45, 2.75) is 57.4 Å². The van der Waals surface area contributed by atoms with E-state index in [0.29, 0.717) is 38.0 Å². The highest BCUT2D eigenvalue weighted by atomic mass is 16.8. The third-order valence-corrected chi connectivity index (χ3v) is 5.48. The van der Waals surface area contributed by atoms with Crippen LogP contribution in [-0.2, 0) is 35.0 Å². The van der Waals surface area contributed by atoms with Crippen molar-refractivity contribution in [2.24, 2.45) is 0 Å². The molecule has 0 unspecified atom stereocenters. The fourth-order valence-corrected chi connectivity index (χ4v) is 3.70. The summed E-state index contributed by atoms with van der Waals surface area (Å²) in [5.41, 5.74) is 0.702. The lowest BCUT2D eigenvalue weighted by molar-refractivity contribution is -0.123. The number of carbonyl (C=O) groups is 4. The molecule has 33 heavy (non-hydrogen) atoms. The number of ketones is 2. The van der Waals surface area contributed by atoms with Crippen LogP contribution in [0.2, 0.25) is 5.82 Å². The molecule has 178 valence electrons. The molecule has 0 spiro atoms. The number of carbonyl (C=O) groups excluding carboxylic acids is 4. The van der Waals surface area contributed by atoms with Crippen LogP contribution in [-0.4, -0.2) is 61.9 Å². The summed E-state index contributed by atoms with van der Waals surface area (Å²) in [6.45, 7) is 1.79. The number of hydrogen-bond acceptors (Lipinski definition) is 10. The van der Waals surface area contributed by atoms with Crippen LogP contribution in [0.1, 0.15) is 54.9 Å². The van der Waals surface area contributed by atoms with Crippen LogP contribution >= 0.6 is 0 Å². The van der Waals surface area contributed by atoms with E-state index in [1.165, 1.54) is 13.0 Å². The van der Waals surface area contributed by atoms with E-state index >= 15 is 0 Å². The predicted molar refractivity (Wildman–Crippen MR) is 114 cm³/mol. The summed E-state index contributed by atoms with van der Waals surface area (Å²) in [7, 11) is -1.29. The number of esters is 1. The molecule has 1 aromatic carbocycles. The van der Waals surface area contributed by atoms with E-state index in [4.69, 9.17) is 23.6 Å². The maximum absolute atomic E-state index is 12.5. The number of Topliss-reactive ketones (excluding diaryl/α,β-unsaturated/α-hetero) is 2. The maximum Gasteiger partial charge on any atom is 0.526 e. The molecule has 1 aromatic rings. The fourth-order valence-electron chi connectivity index (χ4n) is 3.70. The Bertz CT molecular complexity index is 880.